The number of aromatic nitrogens is 2. The monoisotopic (exact) mass is 298 g/mol. The minimum atomic E-state index is 0.871. The molecule has 20 heavy (non-hydrogen) atoms. The van der Waals surface area contributed by atoms with E-state index in [1.165, 1.54) is 44.8 Å². The fourth-order valence-corrected chi connectivity index (χ4v) is 5.13. The topological polar surface area (TPSA) is 25.8 Å². The number of fused-ring (bicyclic) bond motifs is 3. The zero-order valence-corrected chi connectivity index (χ0v) is 12.9. The Hall–Kier alpha value is -1.39. The molecule has 0 atom stereocenters. The van der Waals surface area contributed by atoms with Gasteiger partial charge in [0.05, 0.1) is 0 Å². The molecule has 2 aromatic heterocycles. The average molecular weight is 298 g/mol. The van der Waals surface area contributed by atoms with Crippen LogP contribution in [0.1, 0.15) is 22.7 Å². The van der Waals surface area contributed by atoms with E-state index < -0.39 is 0 Å². The maximum atomic E-state index is 4.70. The van der Waals surface area contributed by atoms with Gasteiger partial charge in [-0.2, -0.15) is 0 Å². The van der Waals surface area contributed by atoms with Crippen molar-refractivity contribution in [2.45, 2.75) is 36.1 Å². The molecular formula is C16H14N2S2. The lowest BCUT2D eigenvalue weighted by Crippen LogP contribution is -1.92. The van der Waals surface area contributed by atoms with Crippen molar-refractivity contribution in [2.75, 3.05) is 0 Å². The number of nitrogens with zero attached hydrogens (tertiary/aromatic N) is 2. The second kappa shape index (κ2) is 4.86. The predicted octanol–water partition coefficient (Wildman–Crippen LogP) is 4.64. The Morgan fingerprint density at radius 2 is 1.95 bits per heavy atom. The van der Waals surface area contributed by atoms with Crippen molar-refractivity contribution in [3.8, 4) is 0 Å². The van der Waals surface area contributed by atoms with E-state index >= 15 is 0 Å². The van der Waals surface area contributed by atoms with Gasteiger partial charge in [0.1, 0.15) is 15.7 Å². The zero-order chi connectivity index (χ0) is 13.5. The minimum Gasteiger partial charge on any atom is -0.226 e. The third-order valence-electron chi connectivity index (χ3n) is 3.60. The van der Waals surface area contributed by atoms with E-state index in [4.69, 9.17) is 4.98 Å². The largest absolute Gasteiger partial charge is 0.226 e. The molecule has 1 aliphatic carbocycles. The Kier molecular flexibility index (Phi) is 3.00. The van der Waals surface area contributed by atoms with Gasteiger partial charge >= 0.3 is 0 Å². The molecule has 0 fully saturated rings. The number of aryl methyl sites for hydroxylation is 3. The van der Waals surface area contributed by atoms with Crippen LogP contribution in [-0.2, 0) is 12.8 Å². The number of hydrogen-bond donors (Lipinski definition) is 0. The van der Waals surface area contributed by atoms with Crippen molar-refractivity contribution in [3.05, 3.63) is 46.6 Å². The summed E-state index contributed by atoms with van der Waals surface area (Å²) in [5.74, 6) is 0.871. The van der Waals surface area contributed by atoms with Crippen LogP contribution in [0.2, 0.25) is 0 Å². The fraction of sp³-hybridized carbons (Fsp3) is 0.250. The van der Waals surface area contributed by atoms with Gasteiger partial charge in [-0.15, -0.1) is 11.3 Å². The summed E-state index contributed by atoms with van der Waals surface area (Å²) in [4.78, 5) is 13.3. The Morgan fingerprint density at radius 1 is 1.10 bits per heavy atom. The molecule has 1 aliphatic rings. The first-order valence-electron chi connectivity index (χ1n) is 6.83. The summed E-state index contributed by atoms with van der Waals surface area (Å²) < 4.78 is 0. The van der Waals surface area contributed by atoms with E-state index in [0.29, 0.717) is 0 Å². The highest BCUT2D eigenvalue weighted by Gasteiger charge is 2.22. The Morgan fingerprint density at radius 3 is 2.80 bits per heavy atom. The van der Waals surface area contributed by atoms with Gasteiger partial charge in [0, 0.05) is 15.2 Å². The van der Waals surface area contributed by atoms with Gasteiger partial charge in [0.2, 0.25) is 0 Å². The van der Waals surface area contributed by atoms with Crippen LogP contribution in [-0.4, -0.2) is 9.97 Å². The summed E-state index contributed by atoms with van der Waals surface area (Å²) in [6.07, 6.45) is 3.68. The quantitative estimate of drug-likeness (QED) is 0.645. The van der Waals surface area contributed by atoms with E-state index in [9.17, 15) is 0 Å². The molecule has 4 rings (SSSR count). The highest BCUT2D eigenvalue weighted by Crippen LogP contribution is 2.41. The zero-order valence-electron chi connectivity index (χ0n) is 11.2. The summed E-state index contributed by atoms with van der Waals surface area (Å²) in [7, 11) is 0. The Balaban J connectivity index is 1.89. The molecular weight excluding hydrogens is 284 g/mol. The maximum Gasteiger partial charge on any atom is 0.128 e. The standard InChI is InChI=1S/C16H14N2S2/c1-10-17-15(19-11-6-3-2-4-7-11)14-12-8-5-9-13(12)20-16(14)18-10/h2-4,6-7H,5,8-9H2,1H3. The molecule has 4 heteroatoms. The van der Waals surface area contributed by atoms with E-state index in [1.807, 2.05) is 24.3 Å². The number of thiophene rings is 1. The molecule has 0 bridgehead atoms. The third-order valence-corrected chi connectivity index (χ3v) is 5.78. The van der Waals surface area contributed by atoms with Gasteiger partial charge in [0.15, 0.2) is 0 Å². The molecule has 0 saturated carbocycles. The number of rotatable bonds is 2. The summed E-state index contributed by atoms with van der Waals surface area (Å²) in [5, 5.41) is 2.43. The van der Waals surface area contributed by atoms with Crippen molar-refractivity contribution in [2.24, 2.45) is 0 Å². The van der Waals surface area contributed by atoms with Crippen LogP contribution in [0.3, 0.4) is 0 Å². The lowest BCUT2D eigenvalue weighted by atomic mass is 10.2. The molecule has 2 heterocycles. The summed E-state index contributed by atoms with van der Waals surface area (Å²) >= 11 is 3.62. The van der Waals surface area contributed by atoms with E-state index in [1.54, 1.807) is 11.8 Å². The van der Waals surface area contributed by atoms with Gasteiger partial charge < -0.3 is 0 Å². The number of hydrogen-bond acceptors (Lipinski definition) is 4. The highest BCUT2D eigenvalue weighted by molar-refractivity contribution is 7.99. The molecule has 0 unspecified atom stereocenters. The maximum absolute atomic E-state index is 4.70. The predicted molar refractivity (Wildman–Crippen MR) is 84.7 cm³/mol. The second-order valence-corrected chi connectivity index (χ2v) is 7.17. The molecule has 3 aromatic rings. The summed E-state index contributed by atoms with van der Waals surface area (Å²) in [6, 6.07) is 10.5. The number of benzene rings is 1. The molecule has 2 nitrogen and oxygen atoms in total. The molecule has 0 saturated heterocycles. The summed E-state index contributed by atoms with van der Waals surface area (Å²) in [5.41, 5.74) is 1.50. The molecule has 100 valence electrons. The second-order valence-electron chi connectivity index (χ2n) is 5.03. The van der Waals surface area contributed by atoms with E-state index in [-0.39, 0.29) is 0 Å². The van der Waals surface area contributed by atoms with Crippen LogP contribution >= 0.6 is 23.1 Å². The molecule has 0 amide bonds. The first kappa shape index (κ1) is 12.4. The molecule has 0 spiro atoms. The molecule has 0 aliphatic heterocycles. The Bertz CT molecular complexity index is 778. The minimum absolute atomic E-state index is 0.871. The average Bonchev–Trinajstić information content (AvgIpc) is 2.99. The van der Waals surface area contributed by atoms with Gasteiger partial charge in [-0.3, -0.25) is 0 Å². The first-order chi connectivity index (χ1) is 9.81. The third kappa shape index (κ3) is 2.03. The van der Waals surface area contributed by atoms with Crippen LogP contribution in [0.4, 0.5) is 0 Å². The fourth-order valence-electron chi connectivity index (χ4n) is 2.74. The van der Waals surface area contributed by atoms with Gasteiger partial charge in [0.25, 0.3) is 0 Å². The van der Waals surface area contributed by atoms with Crippen LogP contribution in [0.15, 0.2) is 40.3 Å². The SMILES string of the molecule is Cc1nc(Sc2ccccc2)c2c3c(sc2n1)CCC3. The lowest BCUT2D eigenvalue weighted by Gasteiger charge is -2.05. The highest BCUT2D eigenvalue weighted by atomic mass is 32.2. The summed E-state index contributed by atoms with van der Waals surface area (Å²) in [6.45, 7) is 1.99. The van der Waals surface area contributed by atoms with Crippen LogP contribution in [0, 0.1) is 6.92 Å². The van der Waals surface area contributed by atoms with E-state index in [0.717, 1.165) is 10.9 Å². The molecule has 0 N–H and O–H groups in total. The lowest BCUT2D eigenvalue weighted by molar-refractivity contribution is 0.914. The van der Waals surface area contributed by atoms with E-state index in [2.05, 4.69) is 29.2 Å². The van der Waals surface area contributed by atoms with Crippen molar-refractivity contribution in [1.82, 2.24) is 9.97 Å². The van der Waals surface area contributed by atoms with Gasteiger partial charge in [-0.1, -0.05) is 30.0 Å². The van der Waals surface area contributed by atoms with Gasteiger partial charge in [-0.25, -0.2) is 9.97 Å². The van der Waals surface area contributed by atoms with Crippen LogP contribution in [0.25, 0.3) is 10.2 Å². The van der Waals surface area contributed by atoms with Crippen molar-refractivity contribution in [3.63, 3.8) is 0 Å². The van der Waals surface area contributed by atoms with Crippen LogP contribution in [0.5, 0.6) is 0 Å². The van der Waals surface area contributed by atoms with Crippen LogP contribution < -0.4 is 0 Å². The van der Waals surface area contributed by atoms with Crippen molar-refractivity contribution < 1.29 is 0 Å². The molecule has 1 aromatic carbocycles. The van der Waals surface area contributed by atoms with Crippen molar-refractivity contribution in [1.29, 1.82) is 0 Å². The first-order valence-corrected chi connectivity index (χ1v) is 8.46. The van der Waals surface area contributed by atoms with Gasteiger partial charge in [-0.05, 0) is 43.9 Å². The van der Waals surface area contributed by atoms with Crippen molar-refractivity contribution >= 4 is 33.3 Å². The normalized spacial score (nSPS) is 13.8. The molecule has 0 radical (unpaired) electrons. The Labute approximate surface area is 126 Å². The smallest absolute Gasteiger partial charge is 0.128 e.